The van der Waals surface area contributed by atoms with Crippen molar-refractivity contribution in [2.75, 3.05) is 11.9 Å². The Hall–Kier alpha value is -3.15. The molecule has 2 amide bonds. The lowest BCUT2D eigenvalue weighted by Gasteiger charge is -2.07. The minimum absolute atomic E-state index is 0.306. The molecule has 0 saturated heterocycles. The van der Waals surface area contributed by atoms with Crippen LogP contribution < -0.4 is 15.5 Å². The second-order valence-electron chi connectivity index (χ2n) is 5.77. The third kappa shape index (κ3) is 6.39. The van der Waals surface area contributed by atoms with Gasteiger partial charge >= 0.3 is 0 Å². The highest BCUT2D eigenvalue weighted by Gasteiger charge is 2.09. The van der Waals surface area contributed by atoms with Gasteiger partial charge in [0.25, 0.3) is 0 Å². The molecule has 136 valence electrons. The number of rotatable bonds is 8. The maximum Gasteiger partial charge on any atom is 0.249 e. The van der Waals surface area contributed by atoms with Crippen LogP contribution in [0.2, 0.25) is 0 Å². The SMILES string of the molecule is CCCOc1ccccc1C=NNC(=O)CC(=O)Nc1ccc(C)cc1. The predicted molar refractivity (Wildman–Crippen MR) is 102 cm³/mol. The maximum absolute atomic E-state index is 11.9. The molecule has 0 fully saturated rings. The van der Waals surface area contributed by atoms with Crippen LogP contribution in [0.4, 0.5) is 5.69 Å². The van der Waals surface area contributed by atoms with Gasteiger partial charge in [-0.2, -0.15) is 5.10 Å². The van der Waals surface area contributed by atoms with E-state index in [0.717, 1.165) is 17.5 Å². The van der Waals surface area contributed by atoms with Crippen molar-refractivity contribution in [2.24, 2.45) is 5.10 Å². The Morgan fingerprint density at radius 3 is 2.54 bits per heavy atom. The van der Waals surface area contributed by atoms with Gasteiger partial charge in [0.2, 0.25) is 11.8 Å². The molecule has 0 spiro atoms. The number of anilines is 1. The Morgan fingerprint density at radius 1 is 1.08 bits per heavy atom. The van der Waals surface area contributed by atoms with Gasteiger partial charge < -0.3 is 10.1 Å². The second-order valence-corrected chi connectivity index (χ2v) is 5.77. The summed E-state index contributed by atoms with van der Waals surface area (Å²) in [6.45, 7) is 4.59. The number of nitrogens with zero attached hydrogens (tertiary/aromatic N) is 1. The van der Waals surface area contributed by atoms with E-state index in [1.807, 2.05) is 50.2 Å². The molecule has 26 heavy (non-hydrogen) atoms. The molecule has 0 aromatic heterocycles. The number of nitrogens with one attached hydrogen (secondary N) is 2. The first-order valence-corrected chi connectivity index (χ1v) is 8.48. The third-order valence-corrected chi connectivity index (χ3v) is 3.43. The van der Waals surface area contributed by atoms with Crippen LogP contribution in [0.3, 0.4) is 0 Å². The number of benzene rings is 2. The lowest BCUT2D eigenvalue weighted by molar-refractivity contribution is -0.126. The molecule has 0 atom stereocenters. The van der Waals surface area contributed by atoms with Crippen LogP contribution >= 0.6 is 0 Å². The first-order valence-electron chi connectivity index (χ1n) is 8.48. The van der Waals surface area contributed by atoms with Crippen molar-refractivity contribution in [2.45, 2.75) is 26.7 Å². The number of amides is 2. The first-order chi connectivity index (χ1) is 12.6. The standard InChI is InChI=1S/C20H23N3O3/c1-3-12-26-18-7-5-4-6-16(18)14-21-23-20(25)13-19(24)22-17-10-8-15(2)9-11-17/h4-11,14H,3,12-13H2,1-2H3,(H,22,24)(H,23,25). The van der Waals surface area contributed by atoms with Crippen LogP contribution in [0.5, 0.6) is 5.75 Å². The molecule has 0 aliphatic rings. The van der Waals surface area contributed by atoms with Gasteiger partial charge in [-0.1, -0.05) is 36.8 Å². The molecule has 0 aliphatic heterocycles. The van der Waals surface area contributed by atoms with E-state index in [-0.39, 0.29) is 6.42 Å². The minimum Gasteiger partial charge on any atom is -0.493 e. The Kier molecular flexibility index (Phi) is 7.36. The summed E-state index contributed by atoms with van der Waals surface area (Å²) in [4.78, 5) is 23.7. The van der Waals surface area contributed by atoms with Crippen LogP contribution in [0.1, 0.15) is 30.9 Å². The van der Waals surface area contributed by atoms with Crippen molar-refractivity contribution in [3.05, 3.63) is 59.7 Å². The van der Waals surface area contributed by atoms with E-state index in [2.05, 4.69) is 15.8 Å². The molecule has 0 unspecified atom stereocenters. The summed E-state index contributed by atoms with van der Waals surface area (Å²) >= 11 is 0. The van der Waals surface area contributed by atoms with Crippen LogP contribution in [-0.2, 0) is 9.59 Å². The van der Waals surface area contributed by atoms with Gasteiger partial charge in [-0.15, -0.1) is 0 Å². The molecule has 2 N–H and O–H groups in total. The van der Waals surface area contributed by atoms with Crippen molar-refractivity contribution in [1.29, 1.82) is 0 Å². The number of hydrazone groups is 1. The zero-order valence-electron chi connectivity index (χ0n) is 15.0. The van der Waals surface area contributed by atoms with Crippen LogP contribution in [0, 0.1) is 6.92 Å². The van der Waals surface area contributed by atoms with E-state index >= 15 is 0 Å². The molecule has 2 aromatic carbocycles. The van der Waals surface area contributed by atoms with E-state index < -0.39 is 11.8 Å². The number of carbonyl (C=O) groups is 2. The Labute approximate surface area is 153 Å². The van der Waals surface area contributed by atoms with Gasteiger partial charge in [-0.3, -0.25) is 9.59 Å². The van der Waals surface area contributed by atoms with E-state index in [9.17, 15) is 9.59 Å². The normalized spacial score (nSPS) is 10.5. The molecular weight excluding hydrogens is 330 g/mol. The summed E-state index contributed by atoms with van der Waals surface area (Å²) in [5.74, 6) is -0.185. The fourth-order valence-electron chi connectivity index (χ4n) is 2.13. The molecule has 2 aromatic rings. The topological polar surface area (TPSA) is 79.8 Å². The predicted octanol–water partition coefficient (Wildman–Crippen LogP) is 3.26. The van der Waals surface area contributed by atoms with Crippen molar-refractivity contribution in [3.8, 4) is 5.75 Å². The van der Waals surface area contributed by atoms with E-state index in [1.165, 1.54) is 6.21 Å². The van der Waals surface area contributed by atoms with E-state index in [0.29, 0.717) is 18.0 Å². The number of hydrogen-bond acceptors (Lipinski definition) is 4. The van der Waals surface area contributed by atoms with Crippen LogP contribution in [0.15, 0.2) is 53.6 Å². The number of aryl methyl sites for hydroxylation is 1. The molecule has 0 saturated carbocycles. The van der Waals surface area contributed by atoms with Crippen molar-refractivity contribution in [1.82, 2.24) is 5.43 Å². The van der Waals surface area contributed by atoms with E-state index in [4.69, 9.17) is 4.74 Å². The quantitative estimate of drug-likeness (QED) is 0.434. The number of para-hydroxylation sites is 1. The second kappa shape index (κ2) is 9.98. The fraction of sp³-hybridized carbons (Fsp3) is 0.250. The molecule has 0 aliphatic carbocycles. The molecule has 6 nitrogen and oxygen atoms in total. The lowest BCUT2D eigenvalue weighted by Crippen LogP contribution is -2.24. The van der Waals surface area contributed by atoms with Gasteiger partial charge in [0, 0.05) is 11.3 Å². The van der Waals surface area contributed by atoms with Crippen molar-refractivity contribution >= 4 is 23.7 Å². The molecule has 0 radical (unpaired) electrons. The molecule has 2 rings (SSSR count). The summed E-state index contributed by atoms with van der Waals surface area (Å²) in [6, 6.07) is 14.8. The highest BCUT2D eigenvalue weighted by Crippen LogP contribution is 2.15. The Bertz CT molecular complexity index is 770. The maximum atomic E-state index is 11.9. The van der Waals surface area contributed by atoms with Gasteiger partial charge in [0.05, 0.1) is 12.8 Å². The highest BCUT2D eigenvalue weighted by molar-refractivity contribution is 6.03. The third-order valence-electron chi connectivity index (χ3n) is 3.43. The molecule has 0 heterocycles. The highest BCUT2D eigenvalue weighted by atomic mass is 16.5. The first kappa shape index (κ1) is 19.2. The average molecular weight is 353 g/mol. The van der Waals surface area contributed by atoms with Crippen molar-refractivity contribution < 1.29 is 14.3 Å². The van der Waals surface area contributed by atoms with Crippen LogP contribution in [-0.4, -0.2) is 24.6 Å². The average Bonchev–Trinajstić information content (AvgIpc) is 2.62. The summed E-state index contributed by atoms with van der Waals surface area (Å²) in [5.41, 5.74) is 4.86. The molecule has 0 bridgehead atoms. The molecular formula is C20H23N3O3. The number of hydrogen-bond donors (Lipinski definition) is 2. The fourth-order valence-corrected chi connectivity index (χ4v) is 2.13. The number of ether oxygens (including phenoxy) is 1. The number of carbonyl (C=O) groups excluding carboxylic acids is 2. The largest absolute Gasteiger partial charge is 0.493 e. The molecule has 6 heteroatoms. The summed E-state index contributed by atoms with van der Waals surface area (Å²) in [6.07, 6.45) is 2.10. The summed E-state index contributed by atoms with van der Waals surface area (Å²) in [5, 5.41) is 6.57. The van der Waals surface area contributed by atoms with Crippen LogP contribution in [0.25, 0.3) is 0 Å². The smallest absolute Gasteiger partial charge is 0.249 e. The summed E-state index contributed by atoms with van der Waals surface area (Å²) in [7, 11) is 0. The van der Waals surface area contributed by atoms with Gasteiger partial charge in [-0.25, -0.2) is 5.43 Å². The van der Waals surface area contributed by atoms with Gasteiger partial charge in [0.1, 0.15) is 12.2 Å². The minimum atomic E-state index is -0.488. The van der Waals surface area contributed by atoms with E-state index in [1.54, 1.807) is 12.1 Å². The summed E-state index contributed by atoms with van der Waals surface area (Å²) < 4.78 is 5.62. The lowest BCUT2D eigenvalue weighted by atomic mass is 10.2. The van der Waals surface area contributed by atoms with Gasteiger partial charge in [0.15, 0.2) is 0 Å². The zero-order valence-corrected chi connectivity index (χ0v) is 15.0. The Balaban J connectivity index is 1.83. The zero-order chi connectivity index (χ0) is 18.8. The monoisotopic (exact) mass is 353 g/mol. The van der Waals surface area contributed by atoms with Crippen molar-refractivity contribution in [3.63, 3.8) is 0 Å². The Morgan fingerprint density at radius 2 is 1.81 bits per heavy atom. The van der Waals surface area contributed by atoms with Gasteiger partial charge in [-0.05, 0) is 37.6 Å².